The van der Waals surface area contributed by atoms with Gasteiger partial charge in [0.15, 0.2) is 6.23 Å². The van der Waals surface area contributed by atoms with Crippen molar-refractivity contribution in [2.75, 3.05) is 10.6 Å². The fraction of sp³-hybridized carbons (Fsp3) is 0.176. The number of rotatable bonds is 5. The highest BCUT2D eigenvalue weighted by atomic mass is 16.5. The lowest BCUT2D eigenvalue weighted by Crippen LogP contribution is -2.39. The first-order chi connectivity index (χ1) is 11.4. The smallest absolute Gasteiger partial charge is 0.322 e. The van der Waals surface area contributed by atoms with Crippen molar-refractivity contribution in [3.05, 3.63) is 48.5 Å². The van der Waals surface area contributed by atoms with Crippen LogP contribution in [-0.2, 0) is 4.79 Å². The van der Waals surface area contributed by atoms with Crippen molar-refractivity contribution in [2.45, 2.75) is 20.1 Å². The fourth-order valence-electron chi connectivity index (χ4n) is 1.99. The molecule has 0 spiro atoms. The van der Waals surface area contributed by atoms with E-state index in [1.54, 1.807) is 43.3 Å². The van der Waals surface area contributed by atoms with Crippen LogP contribution < -0.4 is 20.7 Å². The number of phenols is 1. The van der Waals surface area contributed by atoms with E-state index in [4.69, 9.17) is 4.74 Å². The highest BCUT2D eigenvalue weighted by Gasteiger charge is 2.09. The van der Waals surface area contributed by atoms with Gasteiger partial charge >= 0.3 is 6.03 Å². The van der Waals surface area contributed by atoms with E-state index >= 15 is 0 Å². The second-order valence-corrected chi connectivity index (χ2v) is 5.11. The molecular weight excluding hydrogens is 310 g/mol. The number of amides is 3. The van der Waals surface area contributed by atoms with Crippen molar-refractivity contribution in [1.29, 1.82) is 0 Å². The first-order valence-electron chi connectivity index (χ1n) is 7.33. The average molecular weight is 329 g/mol. The van der Waals surface area contributed by atoms with Crippen molar-refractivity contribution < 1.29 is 19.4 Å². The van der Waals surface area contributed by atoms with Crippen LogP contribution in [0.25, 0.3) is 0 Å². The summed E-state index contributed by atoms with van der Waals surface area (Å²) in [5.41, 5.74) is 1.13. The van der Waals surface area contributed by atoms with Crippen LogP contribution in [0.1, 0.15) is 13.8 Å². The molecule has 3 amide bonds. The van der Waals surface area contributed by atoms with Gasteiger partial charge in [-0.05, 0) is 49.4 Å². The van der Waals surface area contributed by atoms with E-state index in [1.165, 1.54) is 19.1 Å². The zero-order valence-corrected chi connectivity index (χ0v) is 13.4. The van der Waals surface area contributed by atoms with E-state index in [2.05, 4.69) is 16.0 Å². The van der Waals surface area contributed by atoms with E-state index in [-0.39, 0.29) is 11.7 Å². The minimum absolute atomic E-state index is 0.139. The summed E-state index contributed by atoms with van der Waals surface area (Å²) < 4.78 is 5.51. The maximum absolute atomic E-state index is 12.0. The van der Waals surface area contributed by atoms with E-state index in [0.717, 1.165) is 0 Å². The summed E-state index contributed by atoms with van der Waals surface area (Å²) in [5.74, 6) is 0.473. The lowest BCUT2D eigenvalue weighted by Gasteiger charge is -2.17. The molecule has 0 aliphatic rings. The molecule has 2 rings (SSSR count). The SMILES string of the molecule is CC(=O)Nc1cccc(NC(=O)NC(C)Oc2ccc(O)cc2)c1. The summed E-state index contributed by atoms with van der Waals surface area (Å²) in [6.45, 7) is 3.09. The Balaban J connectivity index is 1.88. The molecule has 0 bridgehead atoms. The Morgan fingerprint density at radius 2 is 1.67 bits per heavy atom. The Morgan fingerprint density at radius 1 is 1.04 bits per heavy atom. The molecule has 0 radical (unpaired) electrons. The number of carbonyl (C=O) groups excluding carboxylic acids is 2. The molecule has 0 aromatic heterocycles. The largest absolute Gasteiger partial charge is 0.508 e. The summed E-state index contributed by atoms with van der Waals surface area (Å²) in [6.07, 6.45) is -0.576. The van der Waals surface area contributed by atoms with Crippen molar-refractivity contribution in [3.8, 4) is 11.5 Å². The third kappa shape index (κ3) is 5.53. The summed E-state index contributed by atoms with van der Waals surface area (Å²) in [5, 5.41) is 17.1. The maximum Gasteiger partial charge on any atom is 0.322 e. The van der Waals surface area contributed by atoms with E-state index in [0.29, 0.717) is 17.1 Å². The molecule has 0 saturated heterocycles. The zero-order chi connectivity index (χ0) is 17.5. The molecule has 0 aliphatic carbocycles. The molecule has 0 saturated carbocycles. The van der Waals surface area contributed by atoms with Crippen molar-refractivity contribution >= 4 is 23.3 Å². The van der Waals surface area contributed by atoms with Crippen LogP contribution in [0.5, 0.6) is 11.5 Å². The van der Waals surface area contributed by atoms with Gasteiger partial charge < -0.3 is 25.8 Å². The number of ether oxygens (including phenoxy) is 1. The summed E-state index contributed by atoms with van der Waals surface area (Å²) in [4.78, 5) is 23.0. The third-order valence-corrected chi connectivity index (χ3v) is 2.92. The second kappa shape index (κ2) is 7.87. The molecule has 2 aromatic carbocycles. The number of carbonyl (C=O) groups is 2. The van der Waals surface area contributed by atoms with Crippen molar-refractivity contribution in [1.82, 2.24) is 5.32 Å². The first kappa shape index (κ1) is 17.1. The Hall–Kier alpha value is -3.22. The van der Waals surface area contributed by atoms with Gasteiger partial charge in [-0.1, -0.05) is 6.07 Å². The first-order valence-corrected chi connectivity index (χ1v) is 7.33. The van der Waals surface area contributed by atoms with Gasteiger partial charge in [0.25, 0.3) is 0 Å². The van der Waals surface area contributed by atoms with E-state index in [1.807, 2.05) is 0 Å². The molecule has 0 fully saturated rings. The van der Waals surface area contributed by atoms with Crippen LogP contribution in [0.4, 0.5) is 16.2 Å². The Labute approximate surface area is 139 Å². The zero-order valence-electron chi connectivity index (χ0n) is 13.4. The van der Waals surface area contributed by atoms with Gasteiger partial charge in [0.05, 0.1) is 0 Å². The van der Waals surface area contributed by atoms with Crippen molar-refractivity contribution in [2.24, 2.45) is 0 Å². The molecule has 4 N–H and O–H groups in total. The minimum Gasteiger partial charge on any atom is -0.508 e. The predicted octanol–water partition coefficient (Wildman–Crippen LogP) is 2.90. The number of aromatic hydroxyl groups is 1. The van der Waals surface area contributed by atoms with Gasteiger partial charge in [0.2, 0.25) is 5.91 Å². The fourth-order valence-corrected chi connectivity index (χ4v) is 1.99. The number of anilines is 2. The summed E-state index contributed by atoms with van der Waals surface area (Å²) >= 11 is 0. The predicted molar refractivity (Wildman–Crippen MR) is 91.1 cm³/mol. The van der Waals surface area contributed by atoms with Crippen LogP contribution in [0, 0.1) is 0 Å². The summed E-state index contributed by atoms with van der Waals surface area (Å²) in [6, 6.07) is 12.5. The average Bonchev–Trinajstić information content (AvgIpc) is 2.49. The molecule has 1 atom stereocenters. The standard InChI is InChI=1S/C17H19N3O4/c1-11(21)18-13-4-3-5-14(10-13)20-17(23)19-12(2)24-16-8-6-15(22)7-9-16/h3-10,12,22H,1-2H3,(H,18,21)(H2,19,20,23). The van der Waals surface area contributed by atoms with Crippen LogP contribution >= 0.6 is 0 Å². The monoisotopic (exact) mass is 329 g/mol. The van der Waals surface area contributed by atoms with Gasteiger partial charge in [-0.25, -0.2) is 4.79 Å². The van der Waals surface area contributed by atoms with Gasteiger partial charge in [-0.15, -0.1) is 0 Å². The number of benzene rings is 2. The lowest BCUT2D eigenvalue weighted by atomic mass is 10.3. The van der Waals surface area contributed by atoms with Gasteiger partial charge in [-0.3, -0.25) is 4.79 Å². The van der Waals surface area contributed by atoms with Crippen LogP contribution in [0.3, 0.4) is 0 Å². The van der Waals surface area contributed by atoms with Crippen LogP contribution in [-0.4, -0.2) is 23.3 Å². The van der Waals surface area contributed by atoms with Gasteiger partial charge in [0, 0.05) is 18.3 Å². The van der Waals surface area contributed by atoms with E-state index in [9.17, 15) is 14.7 Å². The Kier molecular flexibility index (Phi) is 5.62. The second-order valence-electron chi connectivity index (χ2n) is 5.11. The number of phenolic OH excluding ortho intramolecular Hbond substituents is 1. The molecule has 126 valence electrons. The van der Waals surface area contributed by atoms with E-state index < -0.39 is 12.3 Å². The van der Waals surface area contributed by atoms with Gasteiger partial charge in [-0.2, -0.15) is 0 Å². The molecular formula is C17H19N3O4. The molecule has 2 aromatic rings. The molecule has 1 unspecified atom stereocenters. The molecule has 24 heavy (non-hydrogen) atoms. The van der Waals surface area contributed by atoms with Crippen LogP contribution in [0.15, 0.2) is 48.5 Å². The molecule has 0 aliphatic heterocycles. The third-order valence-electron chi connectivity index (χ3n) is 2.92. The Morgan fingerprint density at radius 3 is 2.29 bits per heavy atom. The summed E-state index contributed by atoms with van der Waals surface area (Å²) in [7, 11) is 0. The highest BCUT2D eigenvalue weighted by Crippen LogP contribution is 2.17. The normalized spacial score (nSPS) is 11.2. The highest BCUT2D eigenvalue weighted by molar-refractivity contribution is 5.92. The topological polar surface area (TPSA) is 99.7 Å². The number of hydrogen-bond donors (Lipinski definition) is 4. The molecule has 0 heterocycles. The van der Waals surface area contributed by atoms with Crippen molar-refractivity contribution in [3.63, 3.8) is 0 Å². The molecule has 7 heteroatoms. The van der Waals surface area contributed by atoms with Gasteiger partial charge in [0.1, 0.15) is 11.5 Å². The molecule has 7 nitrogen and oxygen atoms in total. The Bertz CT molecular complexity index is 716. The maximum atomic E-state index is 12.0. The lowest BCUT2D eigenvalue weighted by molar-refractivity contribution is -0.114. The number of nitrogens with one attached hydrogen (secondary N) is 3. The van der Waals surface area contributed by atoms with Crippen LogP contribution in [0.2, 0.25) is 0 Å². The number of urea groups is 1. The quantitative estimate of drug-likeness (QED) is 0.634. The minimum atomic E-state index is -0.576. The number of hydrogen-bond acceptors (Lipinski definition) is 4.